The minimum Gasteiger partial charge on any atom is -0.445 e. The van der Waals surface area contributed by atoms with Gasteiger partial charge in [-0.25, -0.2) is 9.78 Å². The Morgan fingerprint density at radius 3 is 2.23 bits per heavy atom. The van der Waals surface area contributed by atoms with Crippen LogP contribution < -0.4 is 21.3 Å². The zero-order valence-electron chi connectivity index (χ0n) is 31.3. The molecular formula is C41H53N5O6S. The van der Waals surface area contributed by atoms with Crippen LogP contribution in [0.15, 0.2) is 78.3 Å². The summed E-state index contributed by atoms with van der Waals surface area (Å²) in [5.41, 5.74) is 4.03. The molecule has 5 N–H and O–H groups in total. The number of aromatic nitrogens is 1. The van der Waals surface area contributed by atoms with Crippen LogP contribution in [-0.2, 0) is 38.6 Å². The second-order valence-corrected chi connectivity index (χ2v) is 15.0. The quantitative estimate of drug-likeness (QED) is 0.0835. The third kappa shape index (κ3) is 13.0. The standard InChI is InChI=1S/C41H53N5O6S/c1-6-27(4)23-42-38(48)22-36(47)33(19-26(2)3)44-40(50)35(21-37-28(5)43-25-53-37)45-39(49)34(46-41(51)52-24-29-13-8-7-9-14-29)20-31-17-12-16-30-15-10-11-18-32(30)31/h7-18,25-27,33-36,47H,6,19-24H2,1-5H3,(H,42,48)(H,44,50)(H,45,49)(H,46,51)/t27?,33-,34-,35?,36-/m0/s1. The Balaban J connectivity index is 1.57. The van der Waals surface area contributed by atoms with E-state index in [0.29, 0.717) is 18.9 Å². The highest BCUT2D eigenvalue weighted by molar-refractivity contribution is 7.09. The number of benzene rings is 3. The molecule has 0 fully saturated rings. The maximum Gasteiger partial charge on any atom is 0.408 e. The van der Waals surface area contributed by atoms with Crippen LogP contribution in [0.1, 0.15) is 68.7 Å². The lowest BCUT2D eigenvalue weighted by molar-refractivity contribution is -0.131. The Bertz CT molecular complexity index is 1790. The molecule has 0 aliphatic heterocycles. The molecule has 4 aromatic rings. The summed E-state index contributed by atoms with van der Waals surface area (Å²) in [6.45, 7) is 10.4. The molecular weight excluding hydrogens is 691 g/mol. The number of carbonyl (C=O) groups excluding carboxylic acids is 4. The molecule has 2 unspecified atom stereocenters. The first kappa shape index (κ1) is 41.0. The van der Waals surface area contributed by atoms with Gasteiger partial charge in [-0.2, -0.15) is 0 Å². The number of aryl methyl sites for hydroxylation is 1. The number of aliphatic hydroxyl groups excluding tert-OH is 1. The van der Waals surface area contributed by atoms with Gasteiger partial charge in [-0.1, -0.05) is 107 Å². The molecule has 12 heteroatoms. The highest BCUT2D eigenvalue weighted by Gasteiger charge is 2.32. The Kier molecular flexibility index (Phi) is 15.8. The Hall–Kier alpha value is -4.81. The average molecular weight is 744 g/mol. The SMILES string of the molecule is CCC(C)CNC(=O)C[C@H](O)[C@H](CC(C)C)NC(=O)C(Cc1scnc1C)NC(=O)[C@H](Cc1cccc2ccccc12)NC(=O)OCc1ccccc1. The van der Waals surface area contributed by atoms with E-state index in [1.54, 1.807) is 5.51 Å². The Morgan fingerprint density at radius 1 is 0.849 bits per heavy atom. The van der Waals surface area contributed by atoms with Gasteiger partial charge in [0.25, 0.3) is 0 Å². The molecule has 1 aromatic heterocycles. The fourth-order valence-electron chi connectivity index (χ4n) is 5.94. The molecule has 4 rings (SSSR count). The van der Waals surface area contributed by atoms with Crippen molar-refractivity contribution in [3.8, 4) is 0 Å². The lowest BCUT2D eigenvalue weighted by atomic mass is 9.96. The molecule has 0 saturated carbocycles. The number of ether oxygens (including phenoxy) is 1. The van der Waals surface area contributed by atoms with Crippen molar-refractivity contribution >= 4 is 45.9 Å². The summed E-state index contributed by atoms with van der Waals surface area (Å²) in [4.78, 5) is 59.4. The molecule has 0 aliphatic rings. The van der Waals surface area contributed by atoms with Crippen LogP contribution in [-0.4, -0.2) is 64.7 Å². The van der Waals surface area contributed by atoms with Gasteiger partial charge in [0.2, 0.25) is 17.7 Å². The van der Waals surface area contributed by atoms with Gasteiger partial charge in [0.05, 0.1) is 29.8 Å². The predicted molar refractivity (Wildman–Crippen MR) is 208 cm³/mol. The predicted octanol–water partition coefficient (Wildman–Crippen LogP) is 5.61. The molecule has 53 heavy (non-hydrogen) atoms. The number of rotatable bonds is 19. The van der Waals surface area contributed by atoms with Gasteiger partial charge in [0.15, 0.2) is 0 Å². The molecule has 1 heterocycles. The van der Waals surface area contributed by atoms with Crippen LogP contribution in [0, 0.1) is 18.8 Å². The first-order valence-corrected chi connectivity index (χ1v) is 19.2. The summed E-state index contributed by atoms with van der Waals surface area (Å²) in [6.07, 6.45) is -0.532. The normalized spacial score (nSPS) is 14.1. The topological polar surface area (TPSA) is 159 Å². The van der Waals surface area contributed by atoms with Crippen molar-refractivity contribution in [2.24, 2.45) is 11.8 Å². The van der Waals surface area contributed by atoms with Crippen molar-refractivity contribution in [3.63, 3.8) is 0 Å². The number of alkyl carbamates (subject to hydrolysis) is 1. The van der Waals surface area contributed by atoms with E-state index in [1.165, 1.54) is 11.3 Å². The van der Waals surface area contributed by atoms with E-state index < -0.39 is 42.1 Å². The number of hydrogen-bond donors (Lipinski definition) is 5. The molecule has 0 spiro atoms. The van der Waals surface area contributed by atoms with E-state index in [4.69, 9.17) is 4.74 Å². The molecule has 0 bridgehead atoms. The Labute approximate surface area is 316 Å². The van der Waals surface area contributed by atoms with Crippen LogP contribution in [0.2, 0.25) is 0 Å². The summed E-state index contributed by atoms with van der Waals surface area (Å²) in [5.74, 6) is -1.02. The molecule has 5 atom stereocenters. The van der Waals surface area contributed by atoms with E-state index in [9.17, 15) is 24.3 Å². The van der Waals surface area contributed by atoms with Crippen molar-refractivity contribution in [2.45, 2.75) is 97.6 Å². The molecule has 4 amide bonds. The Morgan fingerprint density at radius 2 is 1.53 bits per heavy atom. The zero-order chi connectivity index (χ0) is 38.3. The highest BCUT2D eigenvalue weighted by atomic mass is 32.1. The van der Waals surface area contributed by atoms with Gasteiger partial charge >= 0.3 is 6.09 Å². The number of thiazole rings is 1. The summed E-state index contributed by atoms with van der Waals surface area (Å²) < 4.78 is 5.50. The van der Waals surface area contributed by atoms with Gasteiger partial charge in [0, 0.05) is 24.3 Å². The molecule has 11 nitrogen and oxygen atoms in total. The number of carbonyl (C=O) groups is 4. The second-order valence-electron chi connectivity index (χ2n) is 14.1. The van der Waals surface area contributed by atoms with Crippen LogP contribution in [0.3, 0.4) is 0 Å². The number of amides is 4. The zero-order valence-corrected chi connectivity index (χ0v) is 32.1. The minimum atomic E-state index is -1.15. The number of fused-ring (bicyclic) bond motifs is 1. The summed E-state index contributed by atoms with van der Waals surface area (Å²) >= 11 is 1.37. The van der Waals surface area contributed by atoms with Crippen molar-refractivity contribution in [1.29, 1.82) is 0 Å². The van der Waals surface area contributed by atoms with Gasteiger partial charge in [0.1, 0.15) is 18.7 Å². The van der Waals surface area contributed by atoms with Crippen molar-refractivity contribution < 1.29 is 29.0 Å². The fourth-order valence-corrected chi connectivity index (χ4v) is 6.76. The second kappa shape index (κ2) is 20.4. The molecule has 0 radical (unpaired) electrons. The highest BCUT2D eigenvalue weighted by Crippen LogP contribution is 2.21. The maximum atomic E-state index is 14.2. The number of nitrogens with one attached hydrogen (secondary N) is 4. The lowest BCUT2D eigenvalue weighted by Gasteiger charge is -2.29. The monoisotopic (exact) mass is 743 g/mol. The third-order valence-corrected chi connectivity index (χ3v) is 10.2. The first-order chi connectivity index (χ1) is 25.4. The van der Waals surface area contributed by atoms with E-state index in [2.05, 4.69) is 26.3 Å². The van der Waals surface area contributed by atoms with Gasteiger partial charge in [-0.05, 0) is 47.1 Å². The summed E-state index contributed by atoms with van der Waals surface area (Å²) in [5, 5.41) is 24.6. The van der Waals surface area contributed by atoms with E-state index >= 15 is 0 Å². The van der Waals surface area contributed by atoms with Crippen LogP contribution in [0.25, 0.3) is 10.8 Å². The molecule has 3 aromatic carbocycles. The number of nitrogens with zero attached hydrogens (tertiary/aromatic N) is 1. The third-order valence-electron chi connectivity index (χ3n) is 9.25. The summed E-state index contributed by atoms with van der Waals surface area (Å²) in [7, 11) is 0. The van der Waals surface area contributed by atoms with Crippen molar-refractivity contribution in [1.82, 2.24) is 26.3 Å². The summed E-state index contributed by atoms with van der Waals surface area (Å²) in [6, 6.07) is 19.8. The fraction of sp³-hybridized carbons (Fsp3) is 0.439. The number of aliphatic hydroxyl groups is 1. The first-order valence-electron chi connectivity index (χ1n) is 18.3. The smallest absolute Gasteiger partial charge is 0.408 e. The molecule has 284 valence electrons. The van der Waals surface area contributed by atoms with Crippen LogP contribution >= 0.6 is 11.3 Å². The van der Waals surface area contributed by atoms with Crippen LogP contribution in [0.4, 0.5) is 4.79 Å². The van der Waals surface area contributed by atoms with E-state index in [-0.39, 0.29) is 37.7 Å². The maximum absolute atomic E-state index is 14.2. The largest absolute Gasteiger partial charge is 0.445 e. The van der Waals surface area contributed by atoms with E-state index in [1.807, 2.05) is 107 Å². The van der Waals surface area contributed by atoms with Crippen molar-refractivity contribution in [3.05, 3.63) is 100 Å². The van der Waals surface area contributed by atoms with Crippen molar-refractivity contribution in [2.75, 3.05) is 6.54 Å². The average Bonchev–Trinajstić information content (AvgIpc) is 3.55. The van der Waals surface area contributed by atoms with E-state index in [0.717, 1.165) is 38.9 Å². The minimum absolute atomic E-state index is 0.0141. The molecule has 0 aliphatic carbocycles. The van der Waals surface area contributed by atoms with Gasteiger partial charge in [-0.15, -0.1) is 11.3 Å². The van der Waals surface area contributed by atoms with Crippen LogP contribution in [0.5, 0.6) is 0 Å². The number of hydrogen-bond acceptors (Lipinski definition) is 8. The van der Waals surface area contributed by atoms with Gasteiger partial charge in [-0.3, -0.25) is 14.4 Å². The van der Waals surface area contributed by atoms with Gasteiger partial charge < -0.3 is 31.1 Å². The lowest BCUT2D eigenvalue weighted by Crippen LogP contribution is -2.57. The molecule has 0 saturated heterocycles.